The number of halogens is 1. The van der Waals surface area contributed by atoms with Crippen LogP contribution in [0.2, 0.25) is 0 Å². The van der Waals surface area contributed by atoms with E-state index in [1.165, 1.54) is 0 Å². The van der Waals surface area contributed by atoms with Gasteiger partial charge in [-0.05, 0) is 48.6 Å². The number of para-hydroxylation sites is 1. The smallest absolute Gasteiger partial charge is 0.256 e. The summed E-state index contributed by atoms with van der Waals surface area (Å²) in [5.41, 5.74) is 11.0. The highest BCUT2D eigenvalue weighted by Crippen LogP contribution is 2.28. The quantitative estimate of drug-likeness (QED) is 0.807. The van der Waals surface area contributed by atoms with Crippen LogP contribution in [-0.2, 0) is 0 Å². The molecule has 0 aliphatic heterocycles. The summed E-state index contributed by atoms with van der Waals surface area (Å²) in [5.74, 6) is 0.234. The normalized spacial score (nSPS) is 10.2. The zero-order valence-electron chi connectivity index (χ0n) is 13.4. The van der Waals surface area contributed by atoms with Crippen LogP contribution in [0.1, 0.15) is 46.8 Å². The number of carbonyl (C=O) groups excluding carboxylic acids is 1. The maximum absolute atomic E-state index is 12.5. The van der Waals surface area contributed by atoms with Gasteiger partial charge in [-0.3, -0.25) is 4.79 Å². The molecule has 0 aromatic heterocycles. The summed E-state index contributed by atoms with van der Waals surface area (Å²) in [6.07, 6.45) is 0. The molecule has 2 aromatic rings. The molecule has 0 fully saturated rings. The van der Waals surface area contributed by atoms with Crippen molar-refractivity contribution in [3.63, 3.8) is 0 Å². The second-order valence-corrected chi connectivity index (χ2v) is 5.72. The highest BCUT2D eigenvalue weighted by atomic mass is 35.5. The Labute approximate surface area is 138 Å². The Balaban J connectivity index is 0.00000242. The number of rotatable bonds is 3. The van der Waals surface area contributed by atoms with Gasteiger partial charge >= 0.3 is 0 Å². The van der Waals surface area contributed by atoms with Gasteiger partial charge in [0.1, 0.15) is 0 Å². The lowest BCUT2D eigenvalue weighted by molar-refractivity contribution is 0.102. The van der Waals surface area contributed by atoms with Crippen molar-refractivity contribution >= 4 is 29.7 Å². The maximum Gasteiger partial charge on any atom is 0.256 e. The first kappa shape index (κ1) is 18.1. The largest absolute Gasteiger partial charge is 0.399 e. The van der Waals surface area contributed by atoms with Crippen molar-refractivity contribution < 1.29 is 4.79 Å². The van der Waals surface area contributed by atoms with E-state index in [0.29, 0.717) is 17.2 Å². The monoisotopic (exact) mass is 318 g/mol. The fourth-order valence-electron chi connectivity index (χ4n) is 2.41. The fraction of sp³-hybridized carbons (Fsp3) is 0.278. The van der Waals surface area contributed by atoms with Gasteiger partial charge in [-0.2, -0.15) is 0 Å². The Bertz CT molecular complexity index is 681. The van der Waals surface area contributed by atoms with Crippen molar-refractivity contribution in [1.29, 1.82) is 0 Å². The van der Waals surface area contributed by atoms with Gasteiger partial charge in [0.15, 0.2) is 0 Å². The molecule has 0 saturated heterocycles. The number of aryl methyl sites for hydroxylation is 2. The van der Waals surface area contributed by atoms with Crippen LogP contribution in [0.15, 0.2) is 36.4 Å². The van der Waals surface area contributed by atoms with Gasteiger partial charge in [-0.15, -0.1) is 12.4 Å². The molecule has 0 heterocycles. The molecule has 0 bridgehead atoms. The average molecular weight is 319 g/mol. The summed E-state index contributed by atoms with van der Waals surface area (Å²) in [4.78, 5) is 12.5. The molecule has 1 amide bonds. The Morgan fingerprint density at radius 1 is 1.09 bits per heavy atom. The Morgan fingerprint density at radius 2 is 1.77 bits per heavy atom. The summed E-state index contributed by atoms with van der Waals surface area (Å²) in [6, 6.07) is 11.5. The van der Waals surface area contributed by atoms with Crippen molar-refractivity contribution in [2.24, 2.45) is 0 Å². The molecule has 0 aliphatic carbocycles. The summed E-state index contributed by atoms with van der Waals surface area (Å²) in [7, 11) is 0. The number of anilines is 2. The first-order valence-corrected chi connectivity index (χ1v) is 7.17. The first-order chi connectivity index (χ1) is 9.90. The van der Waals surface area contributed by atoms with Gasteiger partial charge in [0.25, 0.3) is 5.91 Å². The zero-order chi connectivity index (χ0) is 15.6. The topological polar surface area (TPSA) is 55.1 Å². The van der Waals surface area contributed by atoms with Crippen molar-refractivity contribution in [3.8, 4) is 0 Å². The Morgan fingerprint density at radius 3 is 2.41 bits per heavy atom. The van der Waals surface area contributed by atoms with Crippen LogP contribution in [0.5, 0.6) is 0 Å². The van der Waals surface area contributed by atoms with Crippen molar-refractivity contribution in [2.45, 2.75) is 33.6 Å². The summed E-state index contributed by atoms with van der Waals surface area (Å²) in [5, 5.41) is 3.05. The number of benzene rings is 2. The van der Waals surface area contributed by atoms with Gasteiger partial charge in [-0.25, -0.2) is 0 Å². The number of hydrogen-bond acceptors (Lipinski definition) is 2. The van der Waals surface area contributed by atoms with E-state index in [1.54, 1.807) is 12.1 Å². The zero-order valence-corrected chi connectivity index (χ0v) is 14.3. The molecular weight excluding hydrogens is 296 g/mol. The third-order valence-corrected chi connectivity index (χ3v) is 3.67. The third-order valence-electron chi connectivity index (χ3n) is 3.67. The molecule has 22 heavy (non-hydrogen) atoms. The minimum absolute atomic E-state index is 0. The van der Waals surface area contributed by atoms with Crippen LogP contribution in [0.25, 0.3) is 0 Å². The number of hydrogen-bond donors (Lipinski definition) is 2. The van der Waals surface area contributed by atoms with E-state index in [4.69, 9.17) is 5.73 Å². The van der Waals surface area contributed by atoms with Crippen molar-refractivity contribution in [1.82, 2.24) is 0 Å². The maximum atomic E-state index is 12.5. The van der Waals surface area contributed by atoms with Crippen molar-refractivity contribution in [2.75, 3.05) is 11.1 Å². The Kier molecular flexibility index (Phi) is 6.01. The van der Waals surface area contributed by atoms with Gasteiger partial charge in [0, 0.05) is 16.9 Å². The molecule has 0 unspecified atom stereocenters. The predicted molar refractivity (Wildman–Crippen MR) is 96.1 cm³/mol. The van der Waals surface area contributed by atoms with Gasteiger partial charge in [0.2, 0.25) is 0 Å². The molecule has 0 saturated carbocycles. The number of nitrogen functional groups attached to an aromatic ring is 1. The first-order valence-electron chi connectivity index (χ1n) is 7.17. The lowest BCUT2D eigenvalue weighted by Gasteiger charge is -2.17. The van der Waals surface area contributed by atoms with E-state index in [-0.39, 0.29) is 18.3 Å². The number of nitrogens with one attached hydrogen (secondary N) is 1. The van der Waals surface area contributed by atoms with Crippen LogP contribution in [0.3, 0.4) is 0 Å². The molecule has 4 heteroatoms. The molecule has 0 atom stereocenters. The van der Waals surface area contributed by atoms with E-state index < -0.39 is 0 Å². The fourth-order valence-corrected chi connectivity index (χ4v) is 2.41. The molecule has 3 nitrogen and oxygen atoms in total. The molecule has 2 aromatic carbocycles. The van der Waals surface area contributed by atoms with E-state index in [9.17, 15) is 4.79 Å². The molecule has 0 aliphatic rings. The van der Waals surface area contributed by atoms with Crippen LogP contribution in [0.4, 0.5) is 11.4 Å². The molecule has 2 rings (SSSR count). The molecule has 3 N–H and O–H groups in total. The SMILES string of the molecule is Cc1ccc(N)cc1C(=O)Nc1c(C)cccc1C(C)C.Cl. The van der Waals surface area contributed by atoms with E-state index in [1.807, 2.05) is 32.0 Å². The number of amides is 1. The lowest BCUT2D eigenvalue weighted by Crippen LogP contribution is -2.16. The minimum Gasteiger partial charge on any atom is -0.399 e. The van der Waals surface area contributed by atoms with Crippen LogP contribution in [-0.4, -0.2) is 5.91 Å². The summed E-state index contributed by atoms with van der Waals surface area (Å²) < 4.78 is 0. The van der Waals surface area contributed by atoms with Crippen LogP contribution < -0.4 is 11.1 Å². The second kappa shape index (κ2) is 7.32. The number of carbonyl (C=O) groups is 1. The lowest BCUT2D eigenvalue weighted by atomic mass is 9.97. The van der Waals surface area contributed by atoms with Gasteiger partial charge in [0.05, 0.1) is 0 Å². The van der Waals surface area contributed by atoms with Gasteiger partial charge < -0.3 is 11.1 Å². The standard InChI is InChI=1S/C18H22N2O.ClH/c1-11(2)15-7-5-6-13(4)17(15)20-18(21)16-10-14(19)9-8-12(16)3;/h5-11H,19H2,1-4H3,(H,20,21);1H. The highest BCUT2D eigenvalue weighted by molar-refractivity contribution is 6.06. The van der Waals surface area contributed by atoms with E-state index in [2.05, 4.69) is 25.2 Å². The molecule has 0 radical (unpaired) electrons. The predicted octanol–water partition coefficient (Wildman–Crippen LogP) is 4.68. The molecular formula is C18H23ClN2O. The summed E-state index contributed by atoms with van der Waals surface area (Å²) in [6.45, 7) is 8.16. The molecule has 118 valence electrons. The third kappa shape index (κ3) is 3.80. The van der Waals surface area contributed by atoms with Gasteiger partial charge in [-0.1, -0.05) is 38.1 Å². The van der Waals surface area contributed by atoms with Crippen LogP contribution >= 0.6 is 12.4 Å². The Hall–Kier alpha value is -2.00. The van der Waals surface area contributed by atoms with E-state index >= 15 is 0 Å². The number of nitrogens with two attached hydrogens (primary N) is 1. The summed E-state index contributed by atoms with van der Waals surface area (Å²) >= 11 is 0. The molecule has 0 spiro atoms. The van der Waals surface area contributed by atoms with Crippen molar-refractivity contribution in [3.05, 3.63) is 58.7 Å². The minimum atomic E-state index is -0.115. The van der Waals surface area contributed by atoms with E-state index in [0.717, 1.165) is 22.4 Å². The second-order valence-electron chi connectivity index (χ2n) is 5.72. The average Bonchev–Trinajstić information content (AvgIpc) is 2.43. The highest BCUT2D eigenvalue weighted by Gasteiger charge is 2.14. The van der Waals surface area contributed by atoms with Crippen LogP contribution in [0, 0.1) is 13.8 Å².